The molecule has 106 valence electrons. The van der Waals surface area contributed by atoms with E-state index in [1.165, 1.54) is 0 Å². The zero-order valence-corrected chi connectivity index (χ0v) is 11.9. The van der Waals surface area contributed by atoms with Crippen molar-refractivity contribution in [2.24, 2.45) is 0 Å². The van der Waals surface area contributed by atoms with Crippen LogP contribution >= 0.6 is 0 Å². The molecule has 0 aromatic heterocycles. The zero-order valence-electron chi connectivity index (χ0n) is 11.1. The van der Waals surface area contributed by atoms with Gasteiger partial charge in [0.1, 0.15) is 6.10 Å². The molecule has 2 rings (SSSR count). The van der Waals surface area contributed by atoms with E-state index in [2.05, 4.69) is 4.89 Å². The largest absolute Gasteiger partial charge is 0.251 e. The fourth-order valence-corrected chi connectivity index (χ4v) is 3.29. The standard InChI is InChI=1S/C15H16O4S/c1-12-7-9-14(10-8-12)20(17,18)11-15(19-16)13-5-3-2-4-6-13/h2-10,15-16H,11H2,1H3/t15-/m1/s1. The molecule has 20 heavy (non-hydrogen) atoms. The number of hydrogen-bond acceptors (Lipinski definition) is 4. The molecule has 0 saturated heterocycles. The molecule has 0 heterocycles. The Bertz CT molecular complexity index is 648. The van der Waals surface area contributed by atoms with E-state index in [9.17, 15) is 8.42 Å². The summed E-state index contributed by atoms with van der Waals surface area (Å²) in [4.78, 5) is 4.56. The molecule has 0 fully saturated rings. The van der Waals surface area contributed by atoms with Crippen LogP contribution in [0.4, 0.5) is 0 Å². The van der Waals surface area contributed by atoms with E-state index in [0.29, 0.717) is 5.56 Å². The van der Waals surface area contributed by atoms with Gasteiger partial charge < -0.3 is 0 Å². The van der Waals surface area contributed by atoms with Gasteiger partial charge in [0.05, 0.1) is 10.6 Å². The van der Waals surface area contributed by atoms with Crippen molar-refractivity contribution in [2.45, 2.75) is 17.9 Å². The summed E-state index contributed by atoms with van der Waals surface area (Å²) in [6.45, 7) is 1.89. The Morgan fingerprint density at radius 2 is 1.65 bits per heavy atom. The molecule has 0 saturated carbocycles. The number of hydrogen-bond donors (Lipinski definition) is 1. The number of sulfone groups is 1. The fourth-order valence-electron chi connectivity index (χ4n) is 1.90. The SMILES string of the molecule is Cc1ccc(S(=O)(=O)C[C@@H](OO)c2ccccc2)cc1. The predicted octanol–water partition coefficient (Wildman–Crippen LogP) is 3.00. The molecular weight excluding hydrogens is 276 g/mol. The zero-order chi connectivity index (χ0) is 14.6. The minimum absolute atomic E-state index is 0.223. The molecule has 5 heteroatoms. The molecule has 0 spiro atoms. The number of rotatable bonds is 5. The van der Waals surface area contributed by atoms with Crippen LogP contribution in [0.2, 0.25) is 0 Å². The summed E-state index contributed by atoms with van der Waals surface area (Å²) in [5, 5.41) is 8.97. The second kappa shape index (κ2) is 6.17. The van der Waals surface area contributed by atoms with E-state index in [-0.39, 0.29) is 10.6 Å². The van der Waals surface area contributed by atoms with Gasteiger partial charge in [0.15, 0.2) is 9.84 Å². The molecule has 2 aromatic carbocycles. The van der Waals surface area contributed by atoms with Crippen LogP contribution in [0.3, 0.4) is 0 Å². The van der Waals surface area contributed by atoms with Crippen LogP contribution in [0.1, 0.15) is 17.2 Å². The molecule has 2 aromatic rings. The van der Waals surface area contributed by atoms with Gasteiger partial charge in [0.2, 0.25) is 0 Å². The van der Waals surface area contributed by atoms with E-state index in [1.54, 1.807) is 48.5 Å². The molecule has 1 N–H and O–H groups in total. The first-order valence-corrected chi connectivity index (χ1v) is 7.83. The van der Waals surface area contributed by atoms with Gasteiger partial charge in [0.25, 0.3) is 0 Å². The quantitative estimate of drug-likeness (QED) is 0.679. The first kappa shape index (κ1) is 14.7. The highest BCUT2D eigenvalue weighted by Crippen LogP contribution is 2.22. The monoisotopic (exact) mass is 292 g/mol. The maximum absolute atomic E-state index is 12.3. The molecule has 0 unspecified atom stereocenters. The van der Waals surface area contributed by atoms with Crippen molar-refractivity contribution in [1.82, 2.24) is 0 Å². The van der Waals surface area contributed by atoms with Crippen LogP contribution in [0.5, 0.6) is 0 Å². The van der Waals surface area contributed by atoms with Crippen molar-refractivity contribution in [2.75, 3.05) is 5.75 Å². The summed E-state index contributed by atoms with van der Waals surface area (Å²) in [6.07, 6.45) is -0.900. The lowest BCUT2D eigenvalue weighted by atomic mass is 10.1. The lowest BCUT2D eigenvalue weighted by Gasteiger charge is -2.14. The minimum atomic E-state index is -3.52. The van der Waals surface area contributed by atoms with Gasteiger partial charge in [-0.3, -0.25) is 5.26 Å². The summed E-state index contributed by atoms with van der Waals surface area (Å²) in [5.41, 5.74) is 1.60. The summed E-state index contributed by atoms with van der Waals surface area (Å²) >= 11 is 0. The van der Waals surface area contributed by atoms with Crippen molar-refractivity contribution in [3.8, 4) is 0 Å². The molecule has 0 aliphatic rings. The Balaban J connectivity index is 2.24. The van der Waals surface area contributed by atoms with Crippen molar-refractivity contribution in [3.05, 3.63) is 65.7 Å². The lowest BCUT2D eigenvalue weighted by Crippen LogP contribution is -2.16. The van der Waals surface area contributed by atoms with Gasteiger partial charge in [-0.15, -0.1) is 0 Å². The molecule has 4 nitrogen and oxygen atoms in total. The van der Waals surface area contributed by atoms with E-state index >= 15 is 0 Å². The minimum Gasteiger partial charge on any atom is -0.251 e. The van der Waals surface area contributed by atoms with Crippen molar-refractivity contribution < 1.29 is 18.6 Å². The van der Waals surface area contributed by atoms with Crippen molar-refractivity contribution in [1.29, 1.82) is 0 Å². The smallest absolute Gasteiger partial charge is 0.181 e. The van der Waals surface area contributed by atoms with Crippen LogP contribution in [-0.4, -0.2) is 19.4 Å². The Morgan fingerprint density at radius 1 is 1.05 bits per heavy atom. The van der Waals surface area contributed by atoms with Gasteiger partial charge in [-0.1, -0.05) is 48.0 Å². The third-order valence-electron chi connectivity index (χ3n) is 3.05. The first-order chi connectivity index (χ1) is 9.53. The topological polar surface area (TPSA) is 63.6 Å². The van der Waals surface area contributed by atoms with Gasteiger partial charge in [-0.25, -0.2) is 13.3 Å². The average molecular weight is 292 g/mol. The highest BCUT2D eigenvalue weighted by molar-refractivity contribution is 7.91. The van der Waals surface area contributed by atoms with E-state index < -0.39 is 15.9 Å². The van der Waals surface area contributed by atoms with Crippen LogP contribution in [-0.2, 0) is 14.7 Å². The second-order valence-electron chi connectivity index (χ2n) is 4.60. The molecule has 0 amide bonds. The molecule has 0 bridgehead atoms. The maximum atomic E-state index is 12.3. The van der Waals surface area contributed by atoms with Gasteiger partial charge in [-0.05, 0) is 24.6 Å². The molecule has 0 aliphatic heterocycles. The van der Waals surface area contributed by atoms with Crippen molar-refractivity contribution in [3.63, 3.8) is 0 Å². The van der Waals surface area contributed by atoms with Gasteiger partial charge in [0, 0.05) is 0 Å². The Labute approximate surface area is 118 Å². The summed E-state index contributed by atoms with van der Waals surface area (Å²) in [7, 11) is -3.52. The van der Waals surface area contributed by atoms with Crippen molar-refractivity contribution >= 4 is 9.84 Å². The highest BCUT2D eigenvalue weighted by Gasteiger charge is 2.23. The normalized spacial score (nSPS) is 13.1. The number of aryl methyl sites for hydroxylation is 1. The average Bonchev–Trinajstić information content (AvgIpc) is 2.46. The van der Waals surface area contributed by atoms with Gasteiger partial charge >= 0.3 is 0 Å². The third-order valence-corrected chi connectivity index (χ3v) is 4.78. The second-order valence-corrected chi connectivity index (χ2v) is 6.63. The van der Waals surface area contributed by atoms with Crippen LogP contribution in [0, 0.1) is 6.92 Å². The molecule has 0 aliphatic carbocycles. The Morgan fingerprint density at radius 3 is 2.20 bits per heavy atom. The fraction of sp³-hybridized carbons (Fsp3) is 0.200. The summed E-state index contributed by atoms with van der Waals surface area (Å²) in [6, 6.07) is 15.4. The van der Waals surface area contributed by atoms with E-state index in [0.717, 1.165) is 5.56 Å². The maximum Gasteiger partial charge on any atom is 0.181 e. The predicted molar refractivity (Wildman–Crippen MR) is 76.1 cm³/mol. The van der Waals surface area contributed by atoms with Crippen LogP contribution in [0.25, 0.3) is 0 Å². The van der Waals surface area contributed by atoms with Crippen LogP contribution < -0.4 is 0 Å². The third kappa shape index (κ3) is 3.45. The molecule has 1 atom stereocenters. The lowest BCUT2D eigenvalue weighted by molar-refractivity contribution is -0.275. The summed E-state index contributed by atoms with van der Waals surface area (Å²) < 4.78 is 24.6. The molecule has 0 radical (unpaired) electrons. The number of benzene rings is 2. The Hall–Kier alpha value is -1.69. The van der Waals surface area contributed by atoms with Crippen LogP contribution in [0.15, 0.2) is 59.5 Å². The Kier molecular flexibility index (Phi) is 4.54. The highest BCUT2D eigenvalue weighted by atomic mass is 32.2. The van der Waals surface area contributed by atoms with E-state index in [4.69, 9.17) is 5.26 Å². The first-order valence-electron chi connectivity index (χ1n) is 6.17. The molecular formula is C15H16O4S. The van der Waals surface area contributed by atoms with Gasteiger partial charge in [-0.2, -0.15) is 0 Å². The van der Waals surface area contributed by atoms with E-state index in [1.807, 2.05) is 13.0 Å². The summed E-state index contributed by atoms with van der Waals surface area (Å²) in [5.74, 6) is -0.309.